The molecule has 1 fully saturated rings. The maximum Gasteiger partial charge on any atom is 0.167 e. The van der Waals surface area contributed by atoms with Gasteiger partial charge in [-0.15, -0.1) is 0 Å². The Hall–Kier alpha value is -1.09. The lowest BCUT2D eigenvalue weighted by atomic mass is 9.78. The van der Waals surface area contributed by atoms with E-state index in [2.05, 4.69) is 5.32 Å². The van der Waals surface area contributed by atoms with Crippen LogP contribution >= 0.6 is 0 Å². The standard InChI is InChI=1S/C13H19NO2/c1-14-13(6-3-2-4-7-13)9-12(15)11-5-8-16-10-11/h5,8,10,14H,2-4,6-7,9H2,1H3. The summed E-state index contributed by atoms with van der Waals surface area (Å²) in [5.74, 6) is 0.185. The van der Waals surface area contributed by atoms with E-state index in [4.69, 9.17) is 4.42 Å². The molecule has 0 saturated heterocycles. The van der Waals surface area contributed by atoms with E-state index in [0.717, 1.165) is 12.8 Å². The molecule has 1 saturated carbocycles. The molecular formula is C13H19NO2. The number of carbonyl (C=O) groups excluding carboxylic acids is 1. The Morgan fingerprint density at radius 3 is 2.75 bits per heavy atom. The van der Waals surface area contributed by atoms with Crippen molar-refractivity contribution in [3.05, 3.63) is 24.2 Å². The van der Waals surface area contributed by atoms with Gasteiger partial charge in [0.25, 0.3) is 0 Å². The molecule has 1 N–H and O–H groups in total. The number of rotatable bonds is 4. The van der Waals surface area contributed by atoms with Crippen molar-refractivity contribution in [3.8, 4) is 0 Å². The number of nitrogens with one attached hydrogen (secondary N) is 1. The Labute approximate surface area is 96.2 Å². The minimum atomic E-state index is 0.0204. The van der Waals surface area contributed by atoms with Crippen molar-refractivity contribution in [1.29, 1.82) is 0 Å². The largest absolute Gasteiger partial charge is 0.472 e. The van der Waals surface area contributed by atoms with E-state index < -0.39 is 0 Å². The van der Waals surface area contributed by atoms with E-state index in [1.807, 2.05) is 7.05 Å². The summed E-state index contributed by atoms with van der Waals surface area (Å²) in [6, 6.07) is 1.74. The van der Waals surface area contributed by atoms with Crippen molar-refractivity contribution in [2.45, 2.75) is 44.1 Å². The Morgan fingerprint density at radius 2 is 2.19 bits per heavy atom. The molecule has 2 rings (SSSR count). The third kappa shape index (κ3) is 2.35. The van der Waals surface area contributed by atoms with Crippen LogP contribution < -0.4 is 5.32 Å². The van der Waals surface area contributed by atoms with Gasteiger partial charge in [-0.2, -0.15) is 0 Å². The third-order valence-electron chi connectivity index (χ3n) is 3.68. The van der Waals surface area contributed by atoms with Gasteiger partial charge in [0.15, 0.2) is 5.78 Å². The summed E-state index contributed by atoms with van der Waals surface area (Å²) in [4.78, 5) is 12.0. The second-order valence-corrected chi connectivity index (χ2v) is 4.70. The van der Waals surface area contributed by atoms with Crippen LogP contribution in [0.4, 0.5) is 0 Å². The van der Waals surface area contributed by atoms with Crippen LogP contribution in [-0.2, 0) is 0 Å². The van der Waals surface area contributed by atoms with Crippen molar-refractivity contribution in [1.82, 2.24) is 5.32 Å². The van der Waals surface area contributed by atoms with Crippen LogP contribution in [0.1, 0.15) is 48.9 Å². The summed E-state index contributed by atoms with van der Waals surface area (Å²) in [5.41, 5.74) is 0.715. The molecule has 16 heavy (non-hydrogen) atoms. The molecule has 1 aliphatic rings. The number of furan rings is 1. The van der Waals surface area contributed by atoms with E-state index in [0.29, 0.717) is 12.0 Å². The van der Waals surface area contributed by atoms with E-state index in [9.17, 15) is 4.79 Å². The number of hydrogen-bond acceptors (Lipinski definition) is 3. The van der Waals surface area contributed by atoms with Crippen LogP contribution in [0.3, 0.4) is 0 Å². The normalized spacial score (nSPS) is 19.6. The second kappa shape index (κ2) is 4.83. The molecule has 0 radical (unpaired) electrons. The van der Waals surface area contributed by atoms with Gasteiger partial charge < -0.3 is 9.73 Å². The molecule has 88 valence electrons. The van der Waals surface area contributed by atoms with Crippen molar-refractivity contribution >= 4 is 5.78 Å². The van der Waals surface area contributed by atoms with E-state index >= 15 is 0 Å². The van der Waals surface area contributed by atoms with Gasteiger partial charge in [-0.1, -0.05) is 19.3 Å². The lowest BCUT2D eigenvalue weighted by Gasteiger charge is -2.36. The van der Waals surface area contributed by atoms with E-state index in [1.165, 1.54) is 25.5 Å². The average Bonchev–Trinajstić information content (AvgIpc) is 2.84. The summed E-state index contributed by atoms with van der Waals surface area (Å²) in [6.07, 6.45) is 9.63. The number of Topliss-reactive ketones (excluding diaryl/α,β-unsaturated/α-hetero) is 1. The maximum absolute atomic E-state index is 12.0. The van der Waals surface area contributed by atoms with Gasteiger partial charge in [0, 0.05) is 12.0 Å². The molecule has 1 aliphatic carbocycles. The van der Waals surface area contributed by atoms with Crippen LogP contribution in [0.25, 0.3) is 0 Å². The summed E-state index contributed by atoms with van der Waals surface area (Å²) < 4.78 is 4.95. The van der Waals surface area contributed by atoms with Gasteiger partial charge >= 0.3 is 0 Å². The molecule has 1 aromatic heterocycles. The maximum atomic E-state index is 12.0. The lowest BCUT2D eigenvalue weighted by molar-refractivity contribution is 0.0914. The zero-order valence-corrected chi connectivity index (χ0v) is 9.79. The minimum absolute atomic E-state index is 0.0204. The molecule has 0 amide bonds. The van der Waals surface area contributed by atoms with Gasteiger partial charge in [-0.25, -0.2) is 0 Å². The van der Waals surface area contributed by atoms with Gasteiger partial charge in [-0.3, -0.25) is 4.79 Å². The molecular weight excluding hydrogens is 202 g/mol. The first-order chi connectivity index (χ1) is 7.76. The zero-order valence-electron chi connectivity index (χ0n) is 9.79. The molecule has 0 bridgehead atoms. The highest BCUT2D eigenvalue weighted by atomic mass is 16.3. The average molecular weight is 221 g/mol. The topological polar surface area (TPSA) is 42.2 Å². The van der Waals surface area contributed by atoms with Crippen LogP contribution in [0, 0.1) is 0 Å². The fourth-order valence-electron chi connectivity index (χ4n) is 2.58. The molecule has 1 heterocycles. The lowest BCUT2D eigenvalue weighted by Crippen LogP contribution is -2.46. The fraction of sp³-hybridized carbons (Fsp3) is 0.615. The molecule has 0 aliphatic heterocycles. The minimum Gasteiger partial charge on any atom is -0.472 e. The smallest absolute Gasteiger partial charge is 0.167 e. The highest BCUT2D eigenvalue weighted by Crippen LogP contribution is 2.31. The van der Waals surface area contributed by atoms with Crippen LogP contribution in [0.2, 0.25) is 0 Å². The SMILES string of the molecule is CNC1(CC(=O)c2ccoc2)CCCCC1. The predicted octanol–water partition coefficient (Wildman–Crippen LogP) is 2.77. The highest BCUT2D eigenvalue weighted by Gasteiger charge is 2.32. The summed E-state index contributed by atoms with van der Waals surface area (Å²) in [6.45, 7) is 0. The van der Waals surface area contributed by atoms with Crippen LogP contribution in [-0.4, -0.2) is 18.4 Å². The molecule has 0 unspecified atom stereocenters. The monoisotopic (exact) mass is 221 g/mol. The number of carbonyl (C=O) groups is 1. The summed E-state index contributed by atoms with van der Waals surface area (Å²) in [5, 5.41) is 3.36. The molecule has 1 aromatic rings. The Morgan fingerprint density at radius 1 is 1.44 bits per heavy atom. The van der Waals surface area contributed by atoms with Gasteiger partial charge in [0.2, 0.25) is 0 Å². The first kappa shape index (κ1) is 11.4. The number of hydrogen-bond donors (Lipinski definition) is 1. The zero-order chi connectivity index (χ0) is 11.4. The molecule has 3 nitrogen and oxygen atoms in total. The van der Waals surface area contributed by atoms with Crippen molar-refractivity contribution in [3.63, 3.8) is 0 Å². The van der Waals surface area contributed by atoms with Crippen molar-refractivity contribution in [2.75, 3.05) is 7.05 Å². The number of ketones is 1. The predicted molar refractivity (Wildman–Crippen MR) is 62.5 cm³/mol. The van der Waals surface area contributed by atoms with Gasteiger partial charge in [0.05, 0.1) is 11.8 Å². The quantitative estimate of drug-likeness (QED) is 0.795. The Balaban J connectivity index is 2.03. The van der Waals surface area contributed by atoms with Crippen LogP contribution in [0.15, 0.2) is 23.0 Å². The highest BCUT2D eigenvalue weighted by molar-refractivity contribution is 5.96. The van der Waals surface area contributed by atoms with E-state index in [1.54, 1.807) is 12.3 Å². The third-order valence-corrected chi connectivity index (χ3v) is 3.68. The summed E-state index contributed by atoms with van der Waals surface area (Å²) in [7, 11) is 1.97. The fourth-order valence-corrected chi connectivity index (χ4v) is 2.58. The molecule has 3 heteroatoms. The Bertz CT molecular complexity index is 337. The second-order valence-electron chi connectivity index (χ2n) is 4.70. The van der Waals surface area contributed by atoms with Gasteiger partial charge in [0.1, 0.15) is 6.26 Å². The van der Waals surface area contributed by atoms with Crippen molar-refractivity contribution < 1.29 is 9.21 Å². The first-order valence-corrected chi connectivity index (χ1v) is 6.00. The van der Waals surface area contributed by atoms with Gasteiger partial charge in [-0.05, 0) is 26.0 Å². The first-order valence-electron chi connectivity index (χ1n) is 6.00. The van der Waals surface area contributed by atoms with E-state index in [-0.39, 0.29) is 11.3 Å². The molecule has 0 atom stereocenters. The Kier molecular flexibility index (Phi) is 3.44. The van der Waals surface area contributed by atoms with Crippen molar-refractivity contribution in [2.24, 2.45) is 0 Å². The molecule has 0 aromatic carbocycles. The van der Waals surface area contributed by atoms with Crippen LogP contribution in [0.5, 0.6) is 0 Å². The summed E-state index contributed by atoms with van der Waals surface area (Å²) >= 11 is 0. The molecule has 0 spiro atoms.